The molecule has 21 heavy (non-hydrogen) atoms. The number of nitrogens with zero attached hydrogens (tertiary/aromatic N) is 1. The van der Waals surface area contributed by atoms with Gasteiger partial charge in [0.15, 0.2) is 0 Å². The Hall–Kier alpha value is -1.59. The molecule has 1 aliphatic heterocycles. The maximum atomic E-state index is 12.8. The number of carbonyl (C=O) groups is 1. The lowest BCUT2D eigenvalue weighted by Crippen LogP contribution is -2.40. The highest BCUT2D eigenvalue weighted by Gasteiger charge is 2.32. The molecule has 0 bridgehead atoms. The summed E-state index contributed by atoms with van der Waals surface area (Å²) in [6, 6.07) is 6.23. The Balaban J connectivity index is 1.96. The van der Waals surface area contributed by atoms with E-state index in [1.807, 2.05) is 33.0 Å². The van der Waals surface area contributed by atoms with Crippen molar-refractivity contribution in [3.8, 4) is 0 Å². The van der Waals surface area contributed by atoms with Crippen LogP contribution in [0.2, 0.25) is 0 Å². The quantitative estimate of drug-likeness (QED) is 0.928. The van der Waals surface area contributed by atoms with Crippen molar-refractivity contribution in [2.45, 2.75) is 32.4 Å². The number of thiophene rings is 1. The number of likely N-dealkylation sites (N-methyl/N-ethyl adjacent to an activating group) is 1. The predicted octanol–water partition coefficient (Wildman–Crippen LogP) is 3.04. The van der Waals surface area contributed by atoms with Crippen LogP contribution < -0.4 is 5.73 Å². The maximum Gasteiger partial charge on any atom is 0.266 e. The zero-order valence-electron chi connectivity index (χ0n) is 12.6. The van der Waals surface area contributed by atoms with Gasteiger partial charge in [-0.2, -0.15) is 0 Å². The van der Waals surface area contributed by atoms with Gasteiger partial charge in [-0.25, -0.2) is 0 Å². The van der Waals surface area contributed by atoms with E-state index in [4.69, 9.17) is 10.5 Å². The van der Waals surface area contributed by atoms with Gasteiger partial charge >= 0.3 is 0 Å². The molecule has 1 fully saturated rings. The second kappa shape index (κ2) is 5.31. The minimum Gasteiger partial charge on any atom is -0.397 e. The molecule has 5 heteroatoms. The average molecular weight is 304 g/mol. The number of fused-ring (bicyclic) bond motifs is 1. The zero-order valence-corrected chi connectivity index (χ0v) is 13.4. The highest BCUT2D eigenvalue weighted by atomic mass is 32.1. The largest absolute Gasteiger partial charge is 0.397 e. The van der Waals surface area contributed by atoms with Crippen molar-refractivity contribution in [2.75, 3.05) is 19.4 Å². The molecule has 0 radical (unpaired) electrons. The Kier molecular flexibility index (Phi) is 3.63. The summed E-state index contributed by atoms with van der Waals surface area (Å²) in [5, 5.41) is 0.970. The van der Waals surface area contributed by atoms with Crippen LogP contribution in [0.4, 0.5) is 5.69 Å². The number of amides is 1. The zero-order chi connectivity index (χ0) is 15.1. The molecule has 4 nitrogen and oxygen atoms in total. The van der Waals surface area contributed by atoms with E-state index in [0.29, 0.717) is 17.2 Å². The Morgan fingerprint density at radius 3 is 2.90 bits per heavy atom. The maximum absolute atomic E-state index is 12.8. The Morgan fingerprint density at radius 2 is 2.24 bits per heavy atom. The van der Waals surface area contributed by atoms with E-state index in [1.165, 1.54) is 16.9 Å². The summed E-state index contributed by atoms with van der Waals surface area (Å²) >= 11 is 1.48. The second-order valence-electron chi connectivity index (χ2n) is 5.69. The topological polar surface area (TPSA) is 55.6 Å². The number of anilines is 1. The summed E-state index contributed by atoms with van der Waals surface area (Å²) in [6.45, 7) is 4.77. The van der Waals surface area contributed by atoms with Gasteiger partial charge in [0.2, 0.25) is 0 Å². The summed E-state index contributed by atoms with van der Waals surface area (Å²) in [6.07, 6.45) is 0.963. The van der Waals surface area contributed by atoms with Crippen LogP contribution in [0.25, 0.3) is 10.1 Å². The minimum atomic E-state index is -0.00583. The molecule has 112 valence electrons. The molecule has 1 amide bonds. The molecule has 1 aromatic heterocycles. The fraction of sp³-hybridized carbons (Fsp3) is 0.438. The number of hydrogen-bond donors (Lipinski definition) is 1. The third-order valence-corrected chi connectivity index (χ3v) is 5.39. The van der Waals surface area contributed by atoms with Gasteiger partial charge in [0.25, 0.3) is 5.91 Å². The van der Waals surface area contributed by atoms with E-state index in [2.05, 4.69) is 6.07 Å². The third kappa shape index (κ3) is 2.40. The molecular weight excluding hydrogens is 284 g/mol. The first-order chi connectivity index (χ1) is 9.99. The van der Waals surface area contributed by atoms with E-state index in [-0.39, 0.29) is 18.1 Å². The molecule has 2 unspecified atom stereocenters. The van der Waals surface area contributed by atoms with Gasteiger partial charge in [-0.15, -0.1) is 11.3 Å². The van der Waals surface area contributed by atoms with Gasteiger partial charge in [0.1, 0.15) is 4.88 Å². The molecular formula is C16H20N2O2S. The third-order valence-electron chi connectivity index (χ3n) is 4.23. The van der Waals surface area contributed by atoms with Crippen LogP contribution in [0.5, 0.6) is 0 Å². The lowest BCUT2D eigenvalue weighted by Gasteiger charge is -2.26. The average Bonchev–Trinajstić information content (AvgIpc) is 3.01. The monoisotopic (exact) mass is 304 g/mol. The highest BCUT2D eigenvalue weighted by molar-refractivity contribution is 7.21. The van der Waals surface area contributed by atoms with Gasteiger partial charge in [0, 0.05) is 23.7 Å². The molecule has 2 heterocycles. The lowest BCUT2D eigenvalue weighted by atomic mass is 10.1. The molecule has 0 aliphatic carbocycles. The Bertz CT molecular complexity index is 695. The van der Waals surface area contributed by atoms with Gasteiger partial charge in [0.05, 0.1) is 17.8 Å². The van der Waals surface area contributed by atoms with Crippen LogP contribution >= 0.6 is 11.3 Å². The first kappa shape index (κ1) is 14.4. The molecule has 2 aromatic rings. The van der Waals surface area contributed by atoms with Gasteiger partial charge < -0.3 is 15.4 Å². The van der Waals surface area contributed by atoms with Crippen LogP contribution in [0, 0.1) is 6.92 Å². The lowest BCUT2D eigenvalue weighted by molar-refractivity contribution is 0.0579. The smallest absolute Gasteiger partial charge is 0.266 e. The summed E-state index contributed by atoms with van der Waals surface area (Å²) in [5.74, 6) is -0.00583. The van der Waals surface area contributed by atoms with Crippen molar-refractivity contribution < 1.29 is 9.53 Å². The number of nitrogens with two attached hydrogens (primary N) is 1. The highest BCUT2D eigenvalue weighted by Crippen LogP contribution is 2.35. The van der Waals surface area contributed by atoms with Crippen molar-refractivity contribution >= 4 is 33.0 Å². The first-order valence-electron chi connectivity index (χ1n) is 7.16. The van der Waals surface area contributed by atoms with E-state index in [1.54, 1.807) is 4.90 Å². The predicted molar refractivity (Wildman–Crippen MR) is 86.9 cm³/mol. The van der Waals surface area contributed by atoms with E-state index < -0.39 is 0 Å². The Morgan fingerprint density at radius 1 is 1.48 bits per heavy atom. The summed E-state index contributed by atoms with van der Waals surface area (Å²) in [7, 11) is 1.84. The van der Waals surface area contributed by atoms with Crippen molar-refractivity contribution in [1.29, 1.82) is 0 Å². The van der Waals surface area contributed by atoms with Crippen molar-refractivity contribution in [2.24, 2.45) is 0 Å². The number of nitrogen functional groups attached to an aromatic ring is 1. The fourth-order valence-corrected chi connectivity index (χ4v) is 4.13. The van der Waals surface area contributed by atoms with Crippen LogP contribution in [0.15, 0.2) is 18.2 Å². The number of rotatable bonds is 2. The molecule has 0 saturated carbocycles. The van der Waals surface area contributed by atoms with Gasteiger partial charge in [-0.1, -0.05) is 12.1 Å². The van der Waals surface area contributed by atoms with Crippen LogP contribution in [0.1, 0.15) is 28.6 Å². The standard InChI is InChI=1S/C16H20N2O2S/c1-9-4-5-11-13(8-9)21-15(14(11)17)16(19)18(3)12-6-7-20-10(12)2/h4-5,8,10,12H,6-7,17H2,1-3H3. The molecule has 2 atom stereocenters. The fourth-order valence-electron chi connectivity index (χ4n) is 2.92. The molecule has 1 saturated heterocycles. The number of hydrogen-bond acceptors (Lipinski definition) is 4. The number of ether oxygens (including phenoxy) is 1. The van der Waals surface area contributed by atoms with E-state index in [9.17, 15) is 4.79 Å². The number of benzene rings is 1. The van der Waals surface area contributed by atoms with Crippen LogP contribution in [-0.2, 0) is 4.74 Å². The number of carbonyl (C=O) groups excluding carboxylic acids is 1. The molecule has 0 spiro atoms. The van der Waals surface area contributed by atoms with Crippen molar-refractivity contribution in [3.05, 3.63) is 28.6 Å². The van der Waals surface area contributed by atoms with Crippen LogP contribution in [-0.4, -0.2) is 36.6 Å². The van der Waals surface area contributed by atoms with E-state index >= 15 is 0 Å². The van der Waals surface area contributed by atoms with E-state index in [0.717, 1.165) is 16.5 Å². The summed E-state index contributed by atoms with van der Waals surface area (Å²) < 4.78 is 6.63. The second-order valence-corrected chi connectivity index (χ2v) is 6.74. The molecule has 1 aliphatic rings. The van der Waals surface area contributed by atoms with Crippen LogP contribution in [0.3, 0.4) is 0 Å². The SMILES string of the molecule is Cc1ccc2c(N)c(C(=O)N(C)C3CCOC3C)sc2c1. The van der Waals surface area contributed by atoms with Gasteiger partial charge in [-0.3, -0.25) is 4.79 Å². The summed E-state index contributed by atoms with van der Waals surface area (Å²) in [5.41, 5.74) is 7.96. The summed E-state index contributed by atoms with van der Waals surface area (Å²) in [4.78, 5) is 15.2. The Labute approximate surface area is 128 Å². The number of aryl methyl sites for hydroxylation is 1. The van der Waals surface area contributed by atoms with Crippen molar-refractivity contribution in [1.82, 2.24) is 4.90 Å². The first-order valence-corrected chi connectivity index (χ1v) is 7.98. The molecule has 3 rings (SSSR count). The molecule has 2 N–H and O–H groups in total. The normalized spacial score (nSPS) is 21.9. The van der Waals surface area contributed by atoms with Gasteiger partial charge in [-0.05, 0) is 31.9 Å². The van der Waals surface area contributed by atoms with Crippen molar-refractivity contribution in [3.63, 3.8) is 0 Å². The molecule has 1 aromatic carbocycles. The minimum absolute atomic E-state index is 0.00583.